The van der Waals surface area contributed by atoms with Crippen molar-refractivity contribution < 1.29 is 4.39 Å². The van der Waals surface area contributed by atoms with E-state index in [1.165, 1.54) is 18.5 Å². The van der Waals surface area contributed by atoms with E-state index in [-0.39, 0.29) is 11.7 Å². The van der Waals surface area contributed by atoms with Gasteiger partial charge < -0.3 is 4.90 Å². The van der Waals surface area contributed by atoms with Crippen LogP contribution in [0.15, 0.2) is 30.6 Å². The van der Waals surface area contributed by atoms with Gasteiger partial charge in [0.25, 0.3) is 0 Å². The molecule has 1 heterocycles. The van der Waals surface area contributed by atoms with Gasteiger partial charge in [0.05, 0.1) is 5.88 Å². The van der Waals surface area contributed by atoms with E-state index in [1.807, 2.05) is 11.8 Å². The van der Waals surface area contributed by atoms with Gasteiger partial charge in [-0.15, -0.1) is 11.6 Å². The van der Waals surface area contributed by atoms with Crippen molar-refractivity contribution in [2.45, 2.75) is 12.8 Å². The normalized spacial score (nSPS) is 10.5. The first-order chi connectivity index (χ1) is 9.17. The second kappa shape index (κ2) is 6.17. The second-order valence-electron chi connectivity index (χ2n) is 3.82. The van der Waals surface area contributed by atoms with Crippen molar-refractivity contribution in [2.24, 2.45) is 0 Å². The highest BCUT2D eigenvalue weighted by molar-refractivity contribution is 6.31. The number of hydrogen-bond donors (Lipinski definition) is 0. The van der Waals surface area contributed by atoms with E-state index in [2.05, 4.69) is 9.97 Å². The summed E-state index contributed by atoms with van der Waals surface area (Å²) in [5.74, 6) is 0.493. The smallest absolute Gasteiger partial charge is 0.142 e. The standard InChI is InChI=1S/C13H12Cl2FN3/c1-2-19(10-5-3-4-9(16)6-10)13-11(7-14)12(15)17-8-18-13/h3-6,8H,2,7H2,1H3. The Kier molecular flexibility index (Phi) is 4.56. The molecule has 0 bridgehead atoms. The lowest BCUT2D eigenvalue weighted by atomic mass is 10.2. The molecule has 0 fully saturated rings. The number of halogens is 3. The van der Waals surface area contributed by atoms with Crippen LogP contribution in [0.3, 0.4) is 0 Å². The molecular weight excluding hydrogens is 288 g/mol. The third kappa shape index (κ3) is 2.96. The number of rotatable bonds is 4. The summed E-state index contributed by atoms with van der Waals surface area (Å²) in [6.45, 7) is 2.56. The van der Waals surface area contributed by atoms with Crippen molar-refractivity contribution >= 4 is 34.7 Å². The molecule has 2 rings (SSSR count). The highest BCUT2D eigenvalue weighted by atomic mass is 35.5. The van der Waals surface area contributed by atoms with Crippen LogP contribution in [0.2, 0.25) is 5.15 Å². The number of anilines is 2. The van der Waals surface area contributed by atoms with Crippen LogP contribution in [0.25, 0.3) is 0 Å². The van der Waals surface area contributed by atoms with Gasteiger partial charge in [0, 0.05) is 17.8 Å². The van der Waals surface area contributed by atoms with Crippen LogP contribution in [0.1, 0.15) is 12.5 Å². The predicted molar refractivity (Wildman–Crippen MR) is 75.7 cm³/mol. The van der Waals surface area contributed by atoms with E-state index in [9.17, 15) is 4.39 Å². The fourth-order valence-electron chi connectivity index (χ4n) is 1.83. The lowest BCUT2D eigenvalue weighted by molar-refractivity contribution is 0.627. The molecule has 19 heavy (non-hydrogen) atoms. The molecule has 100 valence electrons. The minimum Gasteiger partial charge on any atom is -0.326 e. The van der Waals surface area contributed by atoms with Gasteiger partial charge in [0.15, 0.2) is 0 Å². The highest BCUT2D eigenvalue weighted by Gasteiger charge is 2.16. The van der Waals surface area contributed by atoms with Gasteiger partial charge in [-0.25, -0.2) is 14.4 Å². The number of nitrogens with zero attached hydrogens (tertiary/aromatic N) is 3. The molecule has 0 radical (unpaired) electrons. The molecule has 0 amide bonds. The summed E-state index contributed by atoms with van der Waals surface area (Å²) < 4.78 is 13.3. The van der Waals surface area contributed by atoms with Gasteiger partial charge >= 0.3 is 0 Å². The molecule has 3 nitrogen and oxygen atoms in total. The summed E-state index contributed by atoms with van der Waals surface area (Å²) in [5.41, 5.74) is 1.33. The van der Waals surface area contributed by atoms with Gasteiger partial charge in [-0.2, -0.15) is 0 Å². The topological polar surface area (TPSA) is 29.0 Å². The molecule has 0 saturated carbocycles. The van der Waals surface area contributed by atoms with Crippen molar-refractivity contribution in [3.8, 4) is 0 Å². The van der Waals surface area contributed by atoms with Gasteiger partial charge in [-0.1, -0.05) is 17.7 Å². The Morgan fingerprint density at radius 3 is 2.74 bits per heavy atom. The molecule has 0 aliphatic heterocycles. The first-order valence-electron chi connectivity index (χ1n) is 5.75. The van der Waals surface area contributed by atoms with Crippen LogP contribution in [-0.4, -0.2) is 16.5 Å². The van der Waals surface area contributed by atoms with Crippen molar-refractivity contribution in [1.82, 2.24) is 9.97 Å². The fourth-order valence-corrected chi connectivity index (χ4v) is 2.34. The molecule has 6 heteroatoms. The maximum absolute atomic E-state index is 13.3. The third-order valence-electron chi connectivity index (χ3n) is 2.70. The molecule has 0 saturated heterocycles. The monoisotopic (exact) mass is 299 g/mol. The summed E-state index contributed by atoms with van der Waals surface area (Å²) in [6.07, 6.45) is 1.37. The van der Waals surface area contributed by atoms with Crippen LogP contribution in [0.5, 0.6) is 0 Å². The molecule has 1 aromatic heterocycles. The van der Waals surface area contributed by atoms with Crippen molar-refractivity contribution in [3.05, 3.63) is 47.1 Å². The van der Waals surface area contributed by atoms with Crippen LogP contribution in [-0.2, 0) is 5.88 Å². The Morgan fingerprint density at radius 2 is 2.11 bits per heavy atom. The first kappa shape index (κ1) is 14.0. The van der Waals surface area contributed by atoms with Crippen molar-refractivity contribution in [2.75, 3.05) is 11.4 Å². The molecule has 0 N–H and O–H groups in total. The average Bonchev–Trinajstić information content (AvgIpc) is 2.40. The second-order valence-corrected chi connectivity index (χ2v) is 4.45. The number of alkyl halides is 1. The van der Waals surface area contributed by atoms with Crippen LogP contribution >= 0.6 is 23.2 Å². The highest BCUT2D eigenvalue weighted by Crippen LogP contribution is 2.30. The Balaban J connectivity index is 2.51. The summed E-state index contributed by atoms with van der Waals surface area (Å²) in [7, 11) is 0. The van der Waals surface area contributed by atoms with E-state index < -0.39 is 0 Å². The fraction of sp³-hybridized carbons (Fsp3) is 0.231. The summed E-state index contributed by atoms with van der Waals surface area (Å²) in [5, 5.41) is 0.315. The quantitative estimate of drug-likeness (QED) is 0.627. The van der Waals surface area contributed by atoms with Crippen LogP contribution in [0.4, 0.5) is 15.9 Å². The van der Waals surface area contributed by atoms with Gasteiger partial charge in [-0.3, -0.25) is 0 Å². The molecule has 0 spiro atoms. The lowest BCUT2D eigenvalue weighted by Gasteiger charge is -2.24. The lowest BCUT2D eigenvalue weighted by Crippen LogP contribution is -2.19. The summed E-state index contributed by atoms with van der Waals surface area (Å²) >= 11 is 11.9. The number of hydrogen-bond acceptors (Lipinski definition) is 3. The Morgan fingerprint density at radius 1 is 1.32 bits per heavy atom. The molecular formula is C13H12Cl2FN3. The van der Waals surface area contributed by atoms with E-state index in [4.69, 9.17) is 23.2 Å². The summed E-state index contributed by atoms with van der Waals surface area (Å²) in [4.78, 5) is 9.96. The predicted octanol–water partition coefficient (Wildman–Crippen LogP) is 4.17. The summed E-state index contributed by atoms with van der Waals surface area (Å²) in [6, 6.07) is 6.29. The van der Waals surface area contributed by atoms with Crippen LogP contribution < -0.4 is 4.90 Å². The molecule has 0 unspecified atom stereocenters. The van der Waals surface area contributed by atoms with E-state index in [1.54, 1.807) is 12.1 Å². The third-order valence-corrected chi connectivity index (χ3v) is 3.29. The zero-order valence-electron chi connectivity index (χ0n) is 10.3. The maximum Gasteiger partial charge on any atom is 0.142 e. The van der Waals surface area contributed by atoms with Crippen molar-refractivity contribution in [3.63, 3.8) is 0 Å². The minimum absolute atomic E-state index is 0.195. The van der Waals surface area contributed by atoms with Gasteiger partial charge in [0.2, 0.25) is 0 Å². The largest absolute Gasteiger partial charge is 0.326 e. The molecule has 0 atom stereocenters. The zero-order valence-corrected chi connectivity index (χ0v) is 11.8. The first-order valence-corrected chi connectivity index (χ1v) is 6.67. The number of aromatic nitrogens is 2. The minimum atomic E-state index is -0.302. The number of benzene rings is 1. The Bertz CT molecular complexity index is 578. The van der Waals surface area contributed by atoms with Gasteiger partial charge in [0.1, 0.15) is 23.1 Å². The van der Waals surface area contributed by atoms with Crippen LogP contribution in [0, 0.1) is 5.82 Å². The maximum atomic E-state index is 13.3. The van der Waals surface area contributed by atoms with Gasteiger partial charge in [-0.05, 0) is 25.1 Å². The molecule has 0 aliphatic rings. The van der Waals surface area contributed by atoms with Crippen molar-refractivity contribution in [1.29, 1.82) is 0 Å². The Hall–Kier alpha value is -1.39. The zero-order chi connectivity index (χ0) is 13.8. The molecule has 0 aliphatic carbocycles. The molecule has 2 aromatic rings. The van der Waals surface area contributed by atoms with E-state index in [0.717, 1.165) is 0 Å². The average molecular weight is 300 g/mol. The molecule has 1 aromatic carbocycles. The van der Waals surface area contributed by atoms with E-state index >= 15 is 0 Å². The van der Waals surface area contributed by atoms with E-state index in [0.29, 0.717) is 28.8 Å². The Labute approximate surface area is 121 Å². The SMILES string of the molecule is CCN(c1cccc(F)c1)c1ncnc(Cl)c1CCl.